The Balaban J connectivity index is 2.14. The Morgan fingerprint density at radius 2 is 2.55 bits per heavy atom. The first-order chi connectivity index (χ1) is 5.27. The molecule has 0 aromatic carbocycles. The summed E-state index contributed by atoms with van der Waals surface area (Å²) in [6.07, 6.45) is 3.87. The predicted octanol–water partition coefficient (Wildman–Crippen LogP) is -1.48. The molecule has 3 nitrogen and oxygen atoms in total. The molecule has 11 heavy (non-hydrogen) atoms. The molecule has 0 aromatic heterocycles. The zero-order chi connectivity index (χ0) is 7.84. The van der Waals surface area contributed by atoms with Gasteiger partial charge in [-0.1, -0.05) is 6.08 Å². The number of nitrogens with one attached hydrogen (secondary N) is 1. The number of ketones is 1. The first-order valence-electron chi connectivity index (χ1n) is 3.91. The van der Waals surface area contributed by atoms with Crippen molar-refractivity contribution in [2.24, 2.45) is 5.92 Å². The van der Waals surface area contributed by atoms with Crippen LogP contribution < -0.4 is 5.32 Å². The highest BCUT2D eigenvalue weighted by molar-refractivity contribution is 6.07. The summed E-state index contributed by atoms with van der Waals surface area (Å²) >= 11 is 0. The number of hydrogen-bond acceptors (Lipinski definition) is 3. The molecule has 0 amide bonds. The Kier molecular flexibility index (Phi) is 1.49. The van der Waals surface area contributed by atoms with Gasteiger partial charge in [0.2, 0.25) is 0 Å². The minimum absolute atomic E-state index is 0.145. The molecule has 2 aliphatic rings. The van der Waals surface area contributed by atoms with E-state index in [9.17, 15) is 4.79 Å². The summed E-state index contributed by atoms with van der Waals surface area (Å²) in [4.78, 5) is 13.4. The second kappa shape index (κ2) is 2.38. The molecule has 2 atom stereocenters. The number of piperidine rings is 1. The summed E-state index contributed by atoms with van der Waals surface area (Å²) in [5.74, 6) is 0.483. The number of carbonyl (C=O) groups is 1. The van der Waals surface area contributed by atoms with Gasteiger partial charge in [0.15, 0.2) is 13.8 Å². The highest BCUT2D eigenvalue weighted by Gasteiger charge is 2.33. The fourth-order valence-corrected chi connectivity index (χ4v) is 1.79. The maximum absolute atomic E-state index is 11.4. The average Bonchev–Trinajstić information content (AvgIpc) is 2.34. The molecule has 1 saturated heterocycles. The van der Waals surface area contributed by atoms with E-state index in [-0.39, 0.29) is 5.92 Å². The van der Waals surface area contributed by atoms with E-state index in [0.29, 0.717) is 18.4 Å². The number of hydrogen-bond donors (Lipinski definition) is 1. The fourth-order valence-electron chi connectivity index (χ4n) is 1.79. The van der Waals surface area contributed by atoms with Gasteiger partial charge in [0, 0.05) is 13.1 Å². The van der Waals surface area contributed by atoms with E-state index in [0.717, 1.165) is 6.54 Å². The smallest absolute Gasteiger partial charge is 0.186 e. The number of carbonyl (C=O) groups excluding carboxylic acids is 1. The highest BCUT2D eigenvalue weighted by atomic mass is 16.1. The third-order valence-corrected chi connectivity index (χ3v) is 2.35. The van der Waals surface area contributed by atoms with Crippen molar-refractivity contribution in [3.63, 3.8) is 0 Å². The maximum Gasteiger partial charge on any atom is 0.186 e. The molecule has 2 aliphatic heterocycles. The third kappa shape index (κ3) is 1.07. The Hall–Kier alpha value is -0.765. The van der Waals surface area contributed by atoms with E-state index in [1.807, 2.05) is 20.3 Å². The quantitative estimate of drug-likeness (QED) is 0.427. The van der Waals surface area contributed by atoms with Crippen LogP contribution in [0.1, 0.15) is 0 Å². The normalized spacial score (nSPS) is 36.9. The molecule has 0 aromatic rings. The molecule has 58 valence electrons. The average molecular weight is 150 g/mol. The monoisotopic (exact) mass is 150 g/mol. The first kappa shape index (κ1) is 6.92. The predicted molar refractivity (Wildman–Crippen MR) is 44.7 cm³/mol. The summed E-state index contributed by atoms with van der Waals surface area (Å²) < 4.78 is 0. The Labute approximate surface area is 66.9 Å². The third-order valence-electron chi connectivity index (χ3n) is 2.35. The zero-order valence-electron chi connectivity index (χ0n) is 6.58. The lowest BCUT2D eigenvalue weighted by atomic mass is 9.91. The largest absolute Gasteiger partial charge is 0.386 e. The Bertz CT molecular complexity index is 216. The van der Waals surface area contributed by atoms with E-state index in [1.165, 1.54) is 0 Å². The van der Waals surface area contributed by atoms with Gasteiger partial charge in [-0.15, -0.1) is 0 Å². The van der Waals surface area contributed by atoms with Gasteiger partial charge in [0.05, 0.1) is 12.0 Å². The summed E-state index contributed by atoms with van der Waals surface area (Å²) in [6, 6.07) is 0.334. The van der Waals surface area contributed by atoms with Gasteiger partial charge in [0.25, 0.3) is 0 Å². The molecular formula is C7H11BN2O. The van der Waals surface area contributed by atoms with Gasteiger partial charge in [-0.25, -0.2) is 0 Å². The van der Waals surface area contributed by atoms with Crippen LogP contribution in [0, 0.1) is 5.92 Å². The van der Waals surface area contributed by atoms with E-state index >= 15 is 0 Å². The second-order valence-electron chi connectivity index (χ2n) is 3.32. The van der Waals surface area contributed by atoms with Gasteiger partial charge in [-0.2, -0.15) is 0 Å². The van der Waals surface area contributed by atoms with Crippen LogP contribution in [0.2, 0.25) is 0 Å². The summed E-state index contributed by atoms with van der Waals surface area (Å²) in [6.45, 7) is 1.58. The second-order valence-corrected chi connectivity index (χ2v) is 3.32. The molecule has 2 heterocycles. The highest BCUT2D eigenvalue weighted by Crippen LogP contribution is 2.18. The lowest BCUT2D eigenvalue weighted by molar-refractivity contribution is -0.124. The zero-order valence-corrected chi connectivity index (χ0v) is 6.58. The van der Waals surface area contributed by atoms with Crippen molar-refractivity contribution in [1.82, 2.24) is 10.1 Å². The van der Waals surface area contributed by atoms with Crippen LogP contribution in [0.4, 0.5) is 0 Å². The molecule has 0 radical (unpaired) electrons. The van der Waals surface area contributed by atoms with E-state index < -0.39 is 0 Å². The molecule has 0 aliphatic carbocycles. The van der Waals surface area contributed by atoms with Crippen LogP contribution in [0.25, 0.3) is 0 Å². The minimum atomic E-state index is 0.145. The van der Waals surface area contributed by atoms with Gasteiger partial charge in [-0.3, -0.25) is 4.79 Å². The fraction of sp³-hybridized carbons (Fsp3) is 0.571. The molecule has 0 spiro atoms. The van der Waals surface area contributed by atoms with Crippen LogP contribution >= 0.6 is 0 Å². The van der Waals surface area contributed by atoms with Crippen LogP contribution in [0.5, 0.6) is 0 Å². The molecule has 0 bridgehead atoms. The number of Topliss-reactive ketones (excluding diaryl/α,β-unsaturated/α-hetero) is 1. The number of fused-ring (bicyclic) bond motifs is 1. The molecule has 0 saturated carbocycles. The van der Waals surface area contributed by atoms with E-state index in [4.69, 9.17) is 0 Å². The van der Waals surface area contributed by atoms with Gasteiger partial charge in [0.1, 0.15) is 0 Å². The van der Waals surface area contributed by atoms with Crippen molar-refractivity contribution in [3.05, 3.63) is 12.3 Å². The Morgan fingerprint density at radius 1 is 1.73 bits per heavy atom. The number of nitrogens with zero attached hydrogens (tertiary/aromatic N) is 1. The van der Waals surface area contributed by atoms with Crippen LogP contribution in [0.15, 0.2) is 12.3 Å². The molecular weight excluding hydrogens is 139 g/mol. The van der Waals surface area contributed by atoms with Gasteiger partial charge < -0.3 is 10.1 Å². The molecule has 1 fully saturated rings. The molecule has 2 unspecified atom stereocenters. The summed E-state index contributed by atoms with van der Waals surface area (Å²) in [7, 11) is 1.98. The first-order valence-corrected chi connectivity index (χ1v) is 3.91. The van der Waals surface area contributed by atoms with Crippen molar-refractivity contribution in [2.45, 2.75) is 6.04 Å². The van der Waals surface area contributed by atoms with Crippen molar-refractivity contribution >= 4 is 13.8 Å². The van der Waals surface area contributed by atoms with E-state index in [1.54, 1.807) is 0 Å². The van der Waals surface area contributed by atoms with Crippen molar-refractivity contribution in [1.29, 1.82) is 0 Å². The minimum Gasteiger partial charge on any atom is -0.386 e. The van der Waals surface area contributed by atoms with Crippen LogP contribution in [0.3, 0.4) is 0 Å². The topological polar surface area (TPSA) is 32.3 Å². The van der Waals surface area contributed by atoms with Crippen molar-refractivity contribution in [3.8, 4) is 0 Å². The lowest BCUT2D eigenvalue weighted by Gasteiger charge is -2.31. The van der Waals surface area contributed by atoms with Crippen LogP contribution in [-0.4, -0.2) is 37.7 Å². The Morgan fingerprint density at radius 3 is 3.36 bits per heavy atom. The van der Waals surface area contributed by atoms with Gasteiger partial charge in [-0.05, 0) is 6.20 Å². The van der Waals surface area contributed by atoms with Gasteiger partial charge >= 0.3 is 0 Å². The maximum atomic E-state index is 11.4. The number of rotatable bonds is 0. The molecule has 2 rings (SSSR count). The van der Waals surface area contributed by atoms with Crippen molar-refractivity contribution < 1.29 is 4.79 Å². The van der Waals surface area contributed by atoms with E-state index in [2.05, 4.69) is 10.1 Å². The standard InChI is InChI=1S/C7H11BN2O/c8-10-3-6-5(1-2-9-6)7(11)4-10/h1-2,5-6,9H,3-4,8H2. The van der Waals surface area contributed by atoms with Crippen molar-refractivity contribution in [2.75, 3.05) is 13.1 Å². The van der Waals surface area contributed by atoms with Crippen LogP contribution in [-0.2, 0) is 4.79 Å². The molecule has 4 heteroatoms. The lowest BCUT2D eigenvalue weighted by Crippen LogP contribution is -2.50. The summed E-state index contributed by atoms with van der Waals surface area (Å²) in [5, 5.41) is 3.18. The summed E-state index contributed by atoms with van der Waals surface area (Å²) in [5.41, 5.74) is 0. The SMILES string of the molecule is BN1CC(=O)C2C=CNC2C1. The molecule has 1 N–H and O–H groups in total.